The molecular weight excluding hydrogens is 349 g/mol. The molecule has 0 fully saturated rings. The van der Waals surface area contributed by atoms with Gasteiger partial charge in [-0.25, -0.2) is 9.18 Å². The predicted molar refractivity (Wildman–Crippen MR) is 103 cm³/mol. The zero-order chi connectivity index (χ0) is 19.4. The molecule has 0 atom stereocenters. The van der Waals surface area contributed by atoms with Gasteiger partial charge in [0.2, 0.25) is 0 Å². The molecule has 0 saturated carbocycles. The molecule has 3 amide bonds. The maximum atomic E-state index is 13.4. The average Bonchev–Trinajstić information content (AvgIpc) is 2.98. The minimum Gasteiger partial charge on any atom is -0.451 e. The molecule has 0 aliphatic carbocycles. The monoisotopic (exact) mass is 367 g/mol. The van der Waals surface area contributed by atoms with Crippen LogP contribution in [0.1, 0.15) is 16.1 Å². The zero-order valence-electron chi connectivity index (χ0n) is 14.6. The second-order valence-electron chi connectivity index (χ2n) is 5.85. The minimum absolute atomic E-state index is 0.126. The van der Waals surface area contributed by atoms with Crippen molar-refractivity contribution in [3.8, 4) is 0 Å². The van der Waals surface area contributed by atoms with E-state index < -0.39 is 11.7 Å². The van der Waals surface area contributed by atoms with Crippen molar-refractivity contribution in [3.63, 3.8) is 0 Å². The third-order valence-electron chi connectivity index (χ3n) is 3.91. The molecule has 2 aromatic carbocycles. The van der Waals surface area contributed by atoms with Gasteiger partial charge in [0.25, 0.3) is 5.91 Å². The molecule has 6 nitrogen and oxygen atoms in total. The Hall–Kier alpha value is -3.61. The highest BCUT2D eigenvalue weighted by atomic mass is 19.1. The van der Waals surface area contributed by atoms with E-state index in [0.717, 1.165) is 0 Å². The molecule has 7 heteroatoms. The van der Waals surface area contributed by atoms with Crippen molar-refractivity contribution in [1.82, 2.24) is 5.32 Å². The number of hydrogen-bond acceptors (Lipinski definition) is 3. The Morgan fingerprint density at radius 2 is 1.78 bits per heavy atom. The molecule has 0 aliphatic heterocycles. The number of amides is 3. The molecule has 0 bridgehead atoms. The first-order valence-corrected chi connectivity index (χ1v) is 8.23. The Morgan fingerprint density at radius 3 is 2.44 bits per heavy atom. The third-order valence-corrected chi connectivity index (χ3v) is 3.91. The first-order chi connectivity index (χ1) is 13.0. The van der Waals surface area contributed by atoms with Crippen molar-refractivity contribution in [1.29, 1.82) is 0 Å². The molecular formula is C20H18FN3O3. The third kappa shape index (κ3) is 4.14. The van der Waals surface area contributed by atoms with Crippen LogP contribution in [0.15, 0.2) is 59.5 Å². The maximum Gasteiger partial charge on any atom is 0.319 e. The summed E-state index contributed by atoms with van der Waals surface area (Å²) in [4.78, 5) is 24.1. The van der Waals surface area contributed by atoms with Gasteiger partial charge in [-0.15, -0.1) is 6.58 Å². The van der Waals surface area contributed by atoms with Crippen LogP contribution < -0.4 is 16.0 Å². The predicted octanol–water partition coefficient (Wildman–Crippen LogP) is 4.44. The van der Waals surface area contributed by atoms with E-state index in [4.69, 9.17) is 4.42 Å². The molecule has 0 aliphatic rings. The van der Waals surface area contributed by atoms with Gasteiger partial charge in [-0.05, 0) is 49.4 Å². The van der Waals surface area contributed by atoms with Gasteiger partial charge in [-0.1, -0.05) is 6.08 Å². The van der Waals surface area contributed by atoms with Gasteiger partial charge in [-0.2, -0.15) is 0 Å². The number of halogens is 1. The zero-order valence-corrected chi connectivity index (χ0v) is 14.6. The summed E-state index contributed by atoms with van der Waals surface area (Å²) < 4.78 is 18.9. The van der Waals surface area contributed by atoms with Crippen molar-refractivity contribution < 1.29 is 18.4 Å². The second-order valence-corrected chi connectivity index (χ2v) is 5.85. The lowest BCUT2D eigenvalue weighted by molar-refractivity contribution is 0.0998. The summed E-state index contributed by atoms with van der Waals surface area (Å²) in [5.41, 5.74) is 2.12. The van der Waals surface area contributed by atoms with E-state index >= 15 is 0 Å². The Bertz CT molecular complexity index is 1010. The number of rotatable bonds is 5. The van der Waals surface area contributed by atoms with E-state index in [-0.39, 0.29) is 11.8 Å². The smallest absolute Gasteiger partial charge is 0.319 e. The molecule has 1 aromatic heterocycles. The quantitative estimate of drug-likeness (QED) is 0.583. The Labute approximate surface area is 155 Å². The number of carbonyl (C=O) groups is 2. The van der Waals surface area contributed by atoms with Gasteiger partial charge in [0.15, 0.2) is 5.76 Å². The molecule has 1 heterocycles. The molecule has 0 spiro atoms. The average molecular weight is 367 g/mol. The summed E-state index contributed by atoms with van der Waals surface area (Å²) in [5, 5.41) is 8.53. The number of hydrogen-bond donors (Lipinski definition) is 3. The van der Waals surface area contributed by atoms with Gasteiger partial charge in [0, 0.05) is 28.9 Å². The number of fused-ring (bicyclic) bond motifs is 1. The van der Waals surface area contributed by atoms with Gasteiger partial charge in [-0.3, -0.25) is 4.79 Å². The van der Waals surface area contributed by atoms with Crippen LogP contribution in [0.3, 0.4) is 0 Å². The van der Waals surface area contributed by atoms with Crippen LogP contribution in [0.25, 0.3) is 11.0 Å². The summed E-state index contributed by atoms with van der Waals surface area (Å²) in [6, 6.07) is 10.4. The van der Waals surface area contributed by atoms with E-state index in [2.05, 4.69) is 22.5 Å². The van der Waals surface area contributed by atoms with Crippen molar-refractivity contribution in [2.24, 2.45) is 0 Å². The first-order valence-electron chi connectivity index (χ1n) is 8.23. The fourth-order valence-electron chi connectivity index (χ4n) is 2.57. The number of urea groups is 1. The summed E-state index contributed by atoms with van der Waals surface area (Å²) in [6.45, 7) is 5.58. The van der Waals surface area contributed by atoms with Crippen molar-refractivity contribution in [2.75, 3.05) is 17.2 Å². The van der Waals surface area contributed by atoms with E-state index in [9.17, 15) is 14.0 Å². The van der Waals surface area contributed by atoms with Crippen LogP contribution in [0, 0.1) is 12.7 Å². The summed E-state index contributed by atoms with van der Waals surface area (Å²) in [5.74, 6) is -0.700. The topological polar surface area (TPSA) is 83.4 Å². The number of nitrogens with one attached hydrogen (secondary N) is 3. The lowest BCUT2D eigenvalue weighted by atomic mass is 10.1. The summed E-state index contributed by atoms with van der Waals surface area (Å²) in [6.07, 6.45) is 1.58. The highest BCUT2D eigenvalue weighted by Gasteiger charge is 2.18. The fraction of sp³-hybridized carbons (Fsp3) is 0.100. The van der Waals surface area contributed by atoms with Crippen molar-refractivity contribution in [2.45, 2.75) is 6.92 Å². The minimum atomic E-state index is -0.437. The maximum absolute atomic E-state index is 13.4. The highest BCUT2D eigenvalue weighted by Crippen LogP contribution is 2.26. The number of benzene rings is 2. The van der Waals surface area contributed by atoms with Gasteiger partial charge in [0.1, 0.15) is 11.4 Å². The number of furan rings is 1. The van der Waals surface area contributed by atoms with Crippen LogP contribution >= 0.6 is 0 Å². The molecule has 138 valence electrons. The van der Waals surface area contributed by atoms with E-state index in [1.54, 1.807) is 37.3 Å². The number of carbonyl (C=O) groups excluding carboxylic acids is 2. The lowest BCUT2D eigenvalue weighted by Crippen LogP contribution is -2.28. The van der Waals surface area contributed by atoms with Crippen LogP contribution in [-0.2, 0) is 0 Å². The Balaban J connectivity index is 1.70. The Kier molecular flexibility index (Phi) is 5.21. The largest absolute Gasteiger partial charge is 0.451 e. The van der Waals surface area contributed by atoms with E-state index in [1.165, 1.54) is 18.2 Å². The fourth-order valence-corrected chi connectivity index (χ4v) is 2.57. The van der Waals surface area contributed by atoms with Gasteiger partial charge in [0.05, 0.1) is 0 Å². The summed E-state index contributed by atoms with van der Waals surface area (Å²) >= 11 is 0. The van der Waals surface area contributed by atoms with Crippen LogP contribution in [0.5, 0.6) is 0 Å². The molecule has 0 unspecified atom stereocenters. The Morgan fingerprint density at radius 1 is 1.11 bits per heavy atom. The van der Waals surface area contributed by atoms with E-state index in [0.29, 0.717) is 34.5 Å². The molecule has 27 heavy (non-hydrogen) atoms. The normalized spacial score (nSPS) is 10.4. The lowest BCUT2D eigenvalue weighted by Gasteiger charge is -2.08. The van der Waals surface area contributed by atoms with Crippen molar-refractivity contribution in [3.05, 3.63) is 72.3 Å². The number of aryl methyl sites for hydroxylation is 1. The second kappa shape index (κ2) is 7.74. The molecule has 0 saturated heterocycles. The highest BCUT2D eigenvalue weighted by molar-refractivity contribution is 6.06. The SMILES string of the molecule is C=CCNC(=O)Nc1ccc(NC(=O)c2oc3ccc(F)cc3c2C)cc1. The van der Waals surface area contributed by atoms with Crippen LogP contribution in [0.4, 0.5) is 20.6 Å². The van der Waals surface area contributed by atoms with Crippen LogP contribution in [0.2, 0.25) is 0 Å². The molecule has 3 aromatic rings. The molecule has 3 rings (SSSR count). The van der Waals surface area contributed by atoms with Crippen LogP contribution in [-0.4, -0.2) is 18.5 Å². The summed E-state index contributed by atoms with van der Waals surface area (Å²) in [7, 11) is 0. The van der Waals surface area contributed by atoms with Gasteiger partial charge < -0.3 is 20.4 Å². The van der Waals surface area contributed by atoms with E-state index in [1.807, 2.05) is 0 Å². The van der Waals surface area contributed by atoms with Gasteiger partial charge >= 0.3 is 6.03 Å². The molecule has 3 N–H and O–H groups in total. The number of anilines is 2. The molecule has 0 radical (unpaired) electrons. The van der Waals surface area contributed by atoms with Crippen molar-refractivity contribution >= 4 is 34.3 Å². The first kappa shape index (κ1) is 18.2. The standard InChI is InChI=1S/C20H18FN3O3/c1-3-10-22-20(26)24-15-7-5-14(6-8-15)23-19(25)18-12(2)16-11-13(21)4-9-17(16)27-18/h3-9,11H,1,10H2,2H3,(H,23,25)(H2,22,24,26).